The summed E-state index contributed by atoms with van der Waals surface area (Å²) < 4.78 is 11.3. The molecule has 2 rings (SSSR count). The minimum Gasteiger partial charge on any atom is -0.469 e. The summed E-state index contributed by atoms with van der Waals surface area (Å²) in [5, 5.41) is 2.93. The van der Waals surface area contributed by atoms with E-state index in [0.717, 1.165) is 5.76 Å². The summed E-state index contributed by atoms with van der Waals surface area (Å²) in [6, 6.07) is 3.65. The highest BCUT2D eigenvalue weighted by atomic mass is 79.9. The number of nitrogens with one attached hydrogen (secondary N) is 1. The fraction of sp³-hybridized carbons (Fsp3) is 0.200. The molecule has 0 aliphatic rings. The maximum Gasteiger partial charge on any atom is 0.233 e. The van der Waals surface area contributed by atoms with Gasteiger partial charge in [-0.25, -0.2) is 9.97 Å². The molecule has 0 bridgehead atoms. The fourth-order valence-corrected chi connectivity index (χ4v) is 1.68. The molecule has 84 valence electrons. The molecule has 0 aliphatic heterocycles. The van der Waals surface area contributed by atoms with Crippen LogP contribution in [-0.4, -0.2) is 17.0 Å². The normalized spacial score (nSPS) is 10.1. The predicted octanol–water partition coefficient (Wildman–Crippen LogP) is 2.45. The molecule has 2 aromatic rings. The van der Waals surface area contributed by atoms with Crippen molar-refractivity contribution in [2.75, 3.05) is 12.4 Å². The number of halogens is 1. The largest absolute Gasteiger partial charge is 0.469 e. The Balaban J connectivity index is 2.09. The van der Waals surface area contributed by atoms with E-state index in [1.807, 2.05) is 12.1 Å². The molecule has 6 heteroatoms. The zero-order valence-electron chi connectivity index (χ0n) is 8.61. The van der Waals surface area contributed by atoms with Gasteiger partial charge in [-0.2, -0.15) is 0 Å². The zero-order valence-corrected chi connectivity index (χ0v) is 10.2. The smallest absolute Gasteiger partial charge is 0.233 e. The number of rotatable bonds is 4. The van der Waals surface area contributed by atoms with Crippen molar-refractivity contribution in [2.24, 2.45) is 0 Å². The third kappa shape index (κ3) is 2.33. The quantitative estimate of drug-likeness (QED) is 0.934. The van der Waals surface area contributed by atoms with Crippen molar-refractivity contribution in [3.8, 4) is 5.88 Å². The van der Waals surface area contributed by atoms with Crippen LogP contribution in [0.15, 0.2) is 33.6 Å². The highest BCUT2D eigenvalue weighted by Crippen LogP contribution is 2.28. The highest BCUT2D eigenvalue weighted by molar-refractivity contribution is 9.10. The number of furan rings is 1. The van der Waals surface area contributed by atoms with Crippen LogP contribution in [0, 0.1) is 0 Å². The number of hydrogen-bond donors (Lipinski definition) is 1. The standard InChI is InChI=1S/C10H10BrN3O2/c1-12-9-8(11)10(14-6-13-9)16-5-7-3-2-4-15-7/h2-4,6H,5H2,1H3,(H,12,13,14). The SMILES string of the molecule is CNc1ncnc(OCc2ccco2)c1Br. The van der Waals surface area contributed by atoms with E-state index in [0.29, 0.717) is 22.8 Å². The van der Waals surface area contributed by atoms with Crippen LogP contribution in [-0.2, 0) is 6.61 Å². The maximum absolute atomic E-state index is 5.49. The van der Waals surface area contributed by atoms with Gasteiger partial charge in [-0.1, -0.05) is 0 Å². The number of aromatic nitrogens is 2. The molecule has 0 saturated heterocycles. The van der Waals surface area contributed by atoms with Gasteiger partial charge in [-0.05, 0) is 28.1 Å². The maximum atomic E-state index is 5.49. The van der Waals surface area contributed by atoms with Crippen LogP contribution in [0.25, 0.3) is 0 Å². The summed E-state index contributed by atoms with van der Waals surface area (Å²) in [6.45, 7) is 0.339. The monoisotopic (exact) mass is 283 g/mol. The van der Waals surface area contributed by atoms with Gasteiger partial charge in [0, 0.05) is 7.05 Å². The third-order valence-corrected chi connectivity index (χ3v) is 2.64. The Morgan fingerprint density at radius 1 is 1.50 bits per heavy atom. The van der Waals surface area contributed by atoms with E-state index in [1.165, 1.54) is 6.33 Å². The lowest BCUT2D eigenvalue weighted by molar-refractivity contribution is 0.258. The summed E-state index contributed by atoms with van der Waals surface area (Å²) in [6.07, 6.45) is 3.04. The summed E-state index contributed by atoms with van der Waals surface area (Å²) >= 11 is 3.36. The van der Waals surface area contributed by atoms with Crippen molar-refractivity contribution in [2.45, 2.75) is 6.61 Å². The molecule has 0 atom stereocenters. The van der Waals surface area contributed by atoms with Crippen molar-refractivity contribution in [1.82, 2.24) is 9.97 Å². The fourth-order valence-electron chi connectivity index (χ4n) is 1.16. The van der Waals surface area contributed by atoms with E-state index in [2.05, 4.69) is 31.2 Å². The number of ether oxygens (including phenoxy) is 1. The number of anilines is 1. The second-order valence-electron chi connectivity index (χ2n) is 2.96. The summed E-state index contributed by atoms with van der Waals surface area (Å²) in [5.41, 5.74) is 0. The molecule has 0 saturated carbocycles. The van der Waals surface area contributed by atoms with E-state index in [-0.39, 0.29) is 0 Å². The molecular formula is C10H10BrN3O2. The molecule has 0 aliphatic carbocycles. The average Bonchev–Trinajstić information content (AvgIpc) is 2.81. The van der Waals surface area contributed by atoms with E-state index in [9.17, 15) is 0 Å². The molecule has 0 unspecified atom stereocenters. The lowest BCUT2D eigenvalue weighted by Gasteiger charge is -2.07. The third-order valence-electron chi connectivity index (χ3n) is 1.93. The summed E-state index contributed by atoms with van der Waals surface area (Å²) in [5.74, 6) is 1.91. The molecule has 1 N–H and O–H groups in total. The molecule has 0 aromatic carbocycles. The first-order valence-corrected chi connectivity index (χ1v) is 5.44. The lowest BCUT2D eigenvalue weighted by atomic mass is 10.5. The van der Waals surface area contributed by atoms with Crippen molar-refractivity contribution in [3.63, 3.8) is 0 Å². The van der Waals surface area contributed by atoms with E-state index < -0.39 is 0 Å². The average molecular weight is 284 g/mol. The Labute approximate surface area is 101 Å². The van der Waals surface area contributed by atoms with Crippen LogP contribution in [0.4, 0.5) is 5.82 Å². The molecule has 2 aromatic heterocycles. The Bertz CT molecular complexity index is 459. The van der Waals surface area contributed by atoms with Gasteiger partial charge in [-0.3, -0.25) is 0 Å². The van der Waals surface area contributed by atoms with Gasteiger partial charge in [0.1, 0.15) is 29.0 Å². The Morgan fingerprint density at radius 3 is 3.06 bits per heavy atom. The number of hydrogen-bond acceptors (Lipinski definition) is 5. The molecule has 0 amide bonds. The Morgan fingerprint density at radius 2 is 2.38 bits per heavy atom. The topological polar surface area (TPSA) is 60.2 Å². The van der Waals surface area contributed by atoms with Gasteiger partial charge in [0.2, 0.25) is 5.88 Å². The van der Waals surface area contributed by atoms with Gasteiger partial charge in [-0.15, -0.1) is 0 Å². The van der Waals surface area contributed by atoms with Crippen LogP contribution in [0.3, 0.4) is 0 Å². The molecule has 16 heavy (non-hydrogen) atoms. The second kappa shape index (κ2) is 4.98. The molecule has 0 fully saturated rings. The van der Waals surface area contributed by atoms with Gasteiger partial charge < -0.3 is 14.5 Å². The minimum atomic E-state index is 0.339. The van der Waals surface area contributed by atoms with Crippen molar-refractivity contribution in [1.29, 1.82) is 0 Å². The Hall–Kier alpha value is -1.56. The first-order chi connectivity index (χ1) is 7.81. The van der Waals surface area contributed by atoms with E-state index in [1.54, 1.807) is 13.3 Å². The van der Waals surface area contributed by atoms with Gasteiger partial charge in [0.05, 0.1) is 6.26 Å². The van der Waals surface area contributed by atoms with E-state index in [4.69, 9.17) is 9.15 Å². The van der Waals surface area contributed by atoms with E-state index >= 15 is 0 Å². The van der Waals surface area contributed by atoms with Crippen LogP contribution in [0.1, 0.15) is 5.76 Å². The molecular weight excluding hydrogens is 274 g/mol. The van der Waals surface area contributed by atoms with Crippen molar-refractivity contribution < 1.29 is 9.15 Å². The van der Waals surface area contributed by atoms with Crippen LogP contribution >= 0.6 is 15.9 Å². The first kappa shape index (κ1) is 10.9. The van der Waals surface area contributed by atoms with Gasteiger partial charge in [0.25, 0.3) is 0 Å². The van der Waals surface area contributed by atoms with Gasteiger partial charge in [0.15, 0.2) is 0 Å². The zero-order chi connectivity index (χ0) is 11.4. The first-order valence-electron chi connectivity index (χ1n) is 4.64. The molecule has 0 spiro atoms. The molecule has 2 heterocycles. The molecule has 5 nitrogen and oxygen atoms in total. The molecule has 0 radical (unpaired) electrons. The van der Waals surface area contributed by atoms with Crippen molar-refractivity contribution >= 4 is 21.7 Å². The lowest BCUT2D eigenvalue weighted by Crippen LogP contribution is -2.01. The van der Waals surface area contributed by atoms with Crippen LogP contribution < -0.4 is 10.1 Å². The highest BCUT2D eigenvalue weighted by Gasteiger charge is 2.09. The summed E-state index contributed by atoms with van der Waals surface area (Å²) in [7, 11) is 1.78. The van der Waals surface area contributed by atoms with Crippen LogP contribution in [0.2, 0.25) is 0 Å². The van der Waals surface area contributed by atoms with Crippen LogP contribution in [0.5, 0.6) is 5.88 Å². The predicted molar refractivity (Wildman–Crippen MR) is 62.3 cm³/mol. The minimum absolute atomic E-state index is 0.339. The Kier molecular flexibility index (Phi) is 3.40. The second-order valence-corrected chi connectivity index (χ2v) is 3.75. The van der Waals surface area contributed by atoms with Crippen molar-refractivity contribution in [3.05, 3.63) is 35.0 Å². The summed E-state index contributed by atoms with van der Waals surface area (Å²) in [4.78, 5) is 8.05. The van der Waals surface area contributed by atoms with Gasteiger partial charge >= 0.3 is 0 Å². The number of nitrogens with zero attached hydrogens (tertiary/aromatic N) is 2.